The van der Waals surface area contributed by atoms with Crippen LogP contribution in [0.1, 0.15) is 32.7 Å². The summed E-state index contributed by atoms with van der Waals surface area (Å²) in [7, 11) is 0. The number of aromatic amines is 1. The monoisotopic (exact) mass is 346 g/mol. The van der Waals surface area contributed by atoms with Gasteiger partial charge < -0.3 is 10.6 Å². The Hall–Kier alpha value is -2.92. The van der Waals surface area contributed by atoms with Crippen molar-refractivity contribution in [2.75, 3.05) is 11.9 Å². The first-order chi connectivity index (χ1) is 12.8. The van der Waals surface area contributed by atoms with Crippen molar-refractivity contribution in [3.05, 3.63) is 82.5 Å². The number of nitrogens with zero attached hydrogens (tertiary/aromatic N) is 1. The van der Waals surface area contributed by atoms with Crippen LogP contribution in [0.15, 0.2) is 54.6 Å². The van der Waals surface area contributed by atoms with Gasteiger partial charge in [0.2, 0.25) is 0 Å². The second-order valence-electron chi connectivity index (χ2n) is 6.59. The third kappa shape index (κ3) is 3.68. The molecule has 2 heterocycles. The van der Waals surface area contributed by atoms with Crippen LogP contribution < -0.4 is 10.6 Å². The van der Waals surface area contributed by atoms with Crippen molar-refractivity contribution in [2.45, 2.75) is 25.8 Å². The lowest BCUT2D eigenvalue weighted by atomic mass is 10.0. The lowest BCUT2D eigenvalue weighted by molar-refractivity contribution is 0.102. The average Bonchev–Trinajstić information content (AvgIpc) is 3.10. The van der Waals surface area contributed by atoms with Crippen LogP contribution in [0.25, 0.3) is 0 Å². The van der Waals surface area contributed by atoms with Crippen LogP contribution in [0, 0.1) is 0 Å². The molecule has 0 saturated carbocycles. The van der Waals surface area contributed by atoms with Crippen LogP contribution in [0.3, 0.4) is 0 Å². The molecule has 0 unspecified atom stereocenters. The largest absolute Gasteiger partial charge is 0.312 e. The van der Waals surface area contributed by atoms with Crippen LogP contribution in [0.5, 0.6) is 0 Å². The minimum atomic E-state index is -0.125. The minimum Gasteiger partial charge on any atom is -0.312 e. The topological polar surface area (TPSA) is 69.8 Å². The maximum Gasteiger partial charge on any atom is 0.256 e. The van der Waals surface area contributed by atoms with E-state index in [0.29, 0.717) is 11.4 Å². The van der Waals surface area contributed by atoms with Gasteiger partial charge in [0.1, 0.15) is 0 Å². The standard InChI is InChI=1S/C21H22N4O/c26-21(23-20-18-14-22-13-12-19(18)24-25-20)17-10-8-16(9-11-17)7-6-15-4-2-1-3-5-15/h1-5,8-11,22H,6-7,12-14H2,(H2,23,24,25,26). The summed E-state index contributed by atoms with van der Waals surface area (Å²) in [5.41, 5.74) is 5.37. The highest BCUT2D eigenvalue weighted by atomic mass is 16.1. The molecule has 0 atom stereocenters. The number of anilines is 1. The Morgan fingerprint density at radius 2 is 1.73 bits per heavy atom. The molecule has 0 saturated heterocycles. The summed E-state index contributed by atoms with van der Waals surface area (Å²) in [6.07, 6.45) is 2.87. The molecule has 132 valence electrons. The van der Waals surface area contributed by atoms with Crippen LogP contribution in [-0.4, -0.2) is 22.6 Å². The van der Waals surface area contributed by atoms with E-state index in [9.17, 15) is 4.79 Å². The number of nitrogens with one attached hydrogen (secondary N) is 3. The molecular formula is C21H22N4O. The van der Waals surface area contributed by atoms with E-state index in [0.717, 1.165) is 43.6 Å². The van der Waals surface area contributed by atoms with Crippen LogP contribution in [0.2, 0.25) is 0 Å². The van der Waals surface area contributed by atoms with E-state index in [-0.39, 0.29) is 5.91 Å². The number of carbonyl (C=O) groups excluding carboxylic acids is 1. The van der Waals surface area contributed by atoms with Gasteiger partial charge in [-0.25, -0.2) is 0 Å². The smallest absolute Gasteiger partial charge is 0.256 e. The molecule has 0 bridgehead atoms. The maximum atomic E-state index is 12.5. The van der Waals surface area contributed by atoms with Gasteiger partial charge in [-0.05, 0) is 36.1 Å². The fourth-order valence-corrected chi connectivity index (χ4v) is 3.26. The molecule has 2 aromatic carbocycles. The first-order valence-corrected chi connectivity index (χ1v) is 9.00. The Labute approximate surface area is 152 Å². The molecular weight excluding hydrogens is 324 g/mol. The zero-order valence-electron chi connectivity index (χ0n) is 14.6. The van der Waals surface area contributed by atoms with E-state index in [1.807, 2.05) is 30.3 Å². The van der Waals surface area contributed by atoms with E-state index >= 15 is 0 Å². The highest BCUT2D eigenvalue weighted by Gasteiger charge is 2.18. The second kappa shape index (κ2) is 7.54. The second-order valence-corrected chi connectivity index (χ2v) is 6.59. The van der Waals surface area contributed by atoms with Crippen molar-refractivity contribution >= 4 is 11.7 Å². The summed E-state index contributed by atoms with van der Waals surface area (Å²) in [5.74, 6) is 0.504. The van der Waals surface area contributed by atoms with E-state index in [4.69, 9.17) is 0 Å². The van der Waals surface area contributed by atoms with Gasteiger partial charge in [0.25, 0.3) is 5.91 Å². The molecule has 3 N–H and O–H groups in total. The van der Waals surface area contributed by atoms with Crippen LogP contribution in [-0.2, 0) is 25.8 Å². The normalized spacial score (nSPS) is 13.2. The molecule has 0 spiro atoms. The van der Waals surface area contributed by atoms with Crippen molar-refractivity contribution in [3.63, 3.8) is 0 Å². The fraction of sp³-hybridized carbons (Fsp3) is 0.238. The van der Waals surface area contributed by atoms with Crippen molar-refractivity contribution in [3.8, 4) is 0 Å². The third-order valence-electron chi connectivity index (χ3n) is 4.80. The minimum absolute atomic E-state index is 0.125. The molecule has 1 aliphatic rings. The molecule has 1 amide bonds. The first-order valence-electron chi connectivity index (χ1n) is 9.00. The predicted molar refractivity (Wildman–Crippen MR) is 102 cm³/mol. The first kappa shape index (κ1) is 16.5. The summed E-state index contributed by atoms with van der Waals surface area (Å²) >= 11 is 0. The van der Waals surface area contributed by atoms with Crippen LogP contribution >= 0.6 is 0 Å². The van der Waals surface area contributed by atoms with Gasteiger partial charge in [-0.3, -0.25) is 9.89 Å². The summed E-state index contributed by atoms with van der Waals surface area (Å²) < 4.78 is 0. The molecule has 4 rings (SSSR count). The maximum absolute atomic E-state index is 12.5. The van der Waals surface area contributed by atoms with Gasteiger partial charge in [0.15, 0.2) is 5.82 Å². The van der Waals surface area contributed by atoms with Gasteiger partial charge in [0, 0.05) is 36.3 Å². The van der Waals surface area contributed by atoms with Crippen molar-refractivity contribution < 1.29 is 4.79 Å². The summed E-state index contributed by atoms with van der Waals surface area (Å²) in [6, 6.07) is 18.3. The van der Waals surface area contributed by atoms with Crippen LogP contribution in [0.4, 0.5) is 5.82 Å². The van der Waals surface area contributed by atoms with Crippen molar-refractivity contribution in [1.29, 1.82) is 0 Å². The number of benzene rings is 2. The Kier molecular flexibility index (Phi) is 4.80. The molecule has 26 heavy (non-hydrogen) atoms. The van der Waals surface area contributed by atoms with Crippen molar-refractivity contribution in [2.24, 2.45) is 0 Å². The molecule has 0 fully saturated rings. The van der Waals surface area contributed by atoms with E-state index in [1.165, 1.54) is 11.1 Å². The summed E-state index contributed by atoms with van der Waals surface area (Å²) in [6.45, 7) is 1.67. The molecule has 5 heteroatoms. The highest BCUT2D eigenvalue weighted by molar-refractivity contribution is 6.04. The zero-order chi connectivity index (χ0) is 17.8. The zero-order valence-corrected chi connectivity index (χ0v) is 14.6. The quantitative estimate of drug-likeness (QED) is 0.665. The molecule has 3 aromatic rings. The summed E-state index contributed by atoms with van der Waals surface area (Å²) in [5, 5.41) is 13.5. The average molecular weight is 346 g/mol. The number of carbonyl (C=O) groups is 1. The molecule has 5 nitrogen and oxygen atoms in total. The Balaban J connectivity index is 1.38. The van der Waals surface area contributed by atoms with E-state index in [1.54, 1.807) is 0 Å². The van der Waals surface area contributed by atoms with Gasteiger partial charge >= 0.3 is 0 Å². The Bertz CT molecular complexity index is 884. The molecule has 1 aliphatic heterocycles. The van der Waals surface area contributed by atoms with Crippen molar-refractivity contribution in [1.82, 2.24) is 15.5 Å². The highest BCUT2D eigenvalue weighted by Crippen LogP contribution is 2.20. The van der Waals surface area contributed by atoms with Gasteiger partial charge in [-0.2, -0.15) is 5.10 Å². The molecule has 0 aliphatic carbocycles. The number of rotatable bonds is 5. The number of H-pyrrole nitrogens is 1. The number of aromatic nitrogens is 2. The van der Waals surface area contributed by atoms with Gasteiger partial charge in [-0.15, -0.1) is 0 Å². The molecule has 0 radical (unpaired) electrons. The number of amides is 1. The fourth-order valence-electron chi connectivity index (χ4n) is 3.26. The number of aryl methyl sites for hydroxylation is 2. The van der Waals surface area contributed by atoms with Gasteiger partial charge in [-0.1, -0.05) is 42.5 Å². The Morgan fingerprint density at radius 1 is 1.00 bits per heavy atom. The number of fused-ring (bicyclic) bond motifs is 1. The SMILES string of the molecule is O=C(Nc1n[nH]c2c1CNCC2)c1ccc(CCc2ccccc2)cc1. The third-order valence-corrected chi connectivity index (χ3v) is 4.80. The van der Waals surface area contributed by atoms with E-state index < -0.39 is 0 Å². The molecule has 1 aromatic heterocycles. The predicted octanol–water partition coefficient (Wildman–Crippen LogP) is 3.09. The number of hydrogen-bond acceptors (Lipinski definition) is 3. The summed E-state index contributed by atoms with van der Waals surface area (Å²) in [4.78, 5) is 12.5. The lowest BCUT2D eigenvalue weighted by Crippen LogP contribution is -2.24. The Morgan fingerprint density at radius 3 is 2.50 bits per heavy atom. The number of hydrogen-bond donors (Lipinski definition) is 3. The lowest BCUT2D eigenvalue weighted by Gasteiger charge is -2.13. The van der Waals surface area contributed by atoms with Gasteiger partial charge in [0.05, 0.1) is 0 Å². The van der Waals surface area contributed by atoms with E-state index in [2.05, 4.69) is 45.1 Å².